The van der Waals surface area contributed by atoms with E-state index in [1.54, 1.807) is 12.4 Å². The fourth-order valence-electron chi connectivity index (χ4n) is 0.767. The molecule has 0 aliphatic carbocycles. The van der Waals surface area contributed by atoms with Gasteiger partial charge in [-0.2, -0.15) is 0 Å². The van der Waals surface area contributed by atoms with Crippen LogP contribution >= 0.6 is 15.9 Å². The van der Waals surface area contributed by atoms with Crippen LogP contribution in [-0.4, -0.2) is 11.5 Å². The Morgan fingerprint density at radius 1 is 1.55 bits per heavy atom. The van der Waals surface area contributed by atoms with E-state index >= 15 is 0 Å². The second kappa shape index (κ2) is 3.80. The summed E-state index contributed by atoms with van der Waals surface area (Å²) in [4.78, 5) is 3.97. The van der Waals surface area contributed by atoms with Crippen LogP contribution in [0.1, 0.15) is 11.6 Å². The molecular formula is C7H10BrN3. The van der Waals surface area contributed by atoms with Crippen molar-refractivity contribution < 1.29 is 0 Å². The van der Waals surface area contributed by atoms with E-state index in [4.69, 9.17) is 11.5 Å². The zero-order chi connectivity index (χ0) is 8.27. The van der Waals surface area contributed by atoms with Gasteiger partial charge in [0.1, 0.15) is 0 Å². The van der Waals surface area contributed by atoms with E-state index in [2.05, 4.69) is 20.9 Å². The largest absolute Gasteiger partial charge is 0.329 e. The second-order valence-corrected chi connectivity index (χ2v) is 3.19. The van der Waals surface area contributed by atoms with Gasteiger partial charge in [0.15, 0.2) is 0 Å². The van der Waals surface area contributed by atoms with E-state index in [1.165, 1.54) is 0 Å². The zero-order valence-electron chi connectivity index (χ0n) is 6.00. The summed E-state index contributed by atoms with van der Waals surface area (Å²) in [6.07, 6.45) is 3.44. The van der Waals surface area contributed by atoms with Gasteiger partial charge in [-0.05, 0) is 27.6 Å². The Bertz CT molecular complexity index is 239. The first-order valence-corrected chi connectivity index (χ1v) is 4.09. The highest BCUT2D eigenvalue weighted by atomic mass is 79.9. The maximum atomic E-state index is 5.68. The minimum Gasteiger partial charge on any atom is -0.329 e. The third-order valence-electron chi connectivity index (χ3n) is 1.41. The van der Waals surface area contributed by atoms with Gasteiger partial charge in [-0.1, -0.05) is 0 Å². The van der Waals surface area contributed by atoms with Crippen molar-refractivity contribution in [3.8, 4) is 0 Å². The lowest BCUT2D eigenvalue weighted by molar-refractivity contribution is 0.732. The van der Waals surface area contributed by atoms with E-state index in [1.807, 2.05) is 6.07 Å². The van der Waals surface area contributed by atoms with Crippen LogP contribution in [0, 0.1) is 0 Å². The van der Waals surface area contributed by atoms with Crippen molar-refractivity contribution in [1.82, 2.24) is 4.98 Å². The average molecular weight is 216 g/mol. The number of halogens is 1. The van der Waals surface area contributed by atoms with Gasteiger partial charge in [0.25, 0.3) is 0 Å². The molecule has 1 rings (SSSR count). The minimum atomic E-state index is -0.111. The van der Waals surface area contributed by atoms with E-state index in [-0.39, 0.29) is 6.04 Å². The van der Waals surface area contributed by atoms with Crippen LogP contribution in [0.4, 0.5) is 0 Å². The molecule has 0 radical (unpaired) electrons. The van der Waals surface area contributed by atoms with Crippen molar-refractivity contribution in [2.24, 2.45) is 11.5 Å². The van der Waals surface area contributed by atoms with Gasteiger partial charge in [-0.15, -0.1) is 0 Å². The molecule has 1 aromatic heterocycles. The normalized spacial score (nSPS) is 13.0. The van der Waals surface area contributed by atoms with Crippen LogP contribution < -0.4 is 11.5 Å². The first-order valence-electron chi connectivity index (χ1n) is 3.30. The summed E-state index contributed by atoms with van der Waals surface area (Å²) in [5.41, 5.74) is 12.0. The highest BCUT2D eigenvalue weighted by molar-refractivity contribution is 9.10. The van der Waals surface area contributed by atoms with Crippen molar-refractivity contribution in [2.45, 2.75) is 6.04 Å². The molecule has 0 saturated carbocycles. The first-order chi connectivity index (χ1) is 5.24. The van der Waals surface area contributed by atoms with E-state index in [0.717, 1.165) is 10.0 Å². The molecule has 4 N–H and O–H groups in total. The maximum absolute atomic E-state index is 5.68. The van der Waals surface area contributed by atoms with E-state index in [9.17, 15) is 0 Å². The number of rotatable bonds is 2. The molecule has 3 nitrogen and oxygen atoms in total. The summed E-state index contributed by atoms with van der Waals surface area (Å²) < 4.78 is 0.930. The molecule has 4 heteroatoms. The molecule has 0 aliphatic heterocycles. The molecule has 0 unspecified atom stereocenters. The second-order valence-electron chi connectivity index (χ2n) is 2.28. The molecule has 0 aromatic carbocycles. The molecule has 1 heterocycles. The molecule has 0 saturated heterocycles. The topological polar surface area (TPSA) is 64.9 Å². The Labute approximate surface area is 73.9 Å². The number of hydrogen-bond donors (Lipinski definition) is 2. The Morgan fingerprint density at radius 2 is 2.27 bits per heavy atom. The summed E-state index contributed by atoms with van der Waals surface area (Å²) in [7, 11) is 0. The molecule has 0 amide bonds. The molecule has 0 fully saturated rings. The fraction of sp³-hybridized carbons (Fsp3) is 0.286. The van der Waals surface area contributed by atoms with Crippen LogP contribution in [0.15, 0.2) is 22.9 Å². The predicted octanol–water partition coefficient (Wildman–Crippen LogP) is 0.803. The van der Waals surface area contributed by atoms with Gasteiger partial charge in [0, 0.05) is 29.5 Å². The molecule has 0 spiro atoms. The lowest BCUT2D eigenvalue weighted by Gasteiger charge is -2.07. The predicted molar refractivity (Wildman–Crippen MR) is 47.9 cm³/mol. The highest BCUT2D eigenvalue weighted by Gasteiger charge is 2.02. The molecule has 0 aliphatic rings. The Kier molecular flexibility index (Phi) is 2.99. The lowest BCUT2D eigenvalue weighted by Crippen LogP contribution is -2.20. The molecule has 1 aromatic rings. The fourth-order valence-corrected chi connectivity index (χ4v) is 1.15. The number of pyridine rings is 1. The third kappa shape index (κ3) is 2.25. The summed E-state index contributed by atoms with van der Waals surface area (Å²) >= 11 is 3.30. The molecule has 0 bridgehead atoms. The van der Waals surface area contributed by atoms with Crippen LogP contribution in [0.2, 0.25) is 0 Å². The van der Waals surface area contributed by atoms with Crippen molar-refractivity contribution >= 4 is 15.9 Å². The van der Waals surface area contributed by atoms with Crippen molar-refractivity contribution in [1.29, 1.82) is 0 Å². The number of hydrogen-bond acceptors (Lipinski definition) is 3. The van der Waals surface area contributed by atoms with Crippen LogP contribution in [0.5, 0.6) is 0 Å². The van der Waals surface area contributed by atoms with Gasteiger partial charge >= 0.3 is 0 Å². The van der Waals surface area contributed by atoms with Crippen molar-refractivity contribution in [3.05, 3.63) is 28.5 Å². The number of nitrogens with two attached hydrogens (primary N) is 2. The van der Waals surface area contributed by atoms with E-state index in [0.29, 0.717) is 6.54 Å². The average Bonchev–Trinajstić information content (AvgIpc) is 2.03. The molecule has 11 heavy (non-hydrogen) atoms. The Morgan fingerprint density at radius 3 is 2.82 bits per heavy atom. The highest BCUT2D eigenvalue weighted by Crippen LogP contribution is 2.13. The Balaban J connectivity index is 2.86. The van der Waals surface area contributed by atoms with Gasteiger partial charge in [-0.25, -0.2) is 0 Å². The number of aromatic nitrogens is 1. The summed E-state index contributed by atoms with van der Waals surface area (Å²) in [6.45, 7) is 0.443. The molecule has 60 valence electrons. The minimum absolute atomic E-state index is 0.111. The smallest absolute Gasteiger partial charge is 0.0435 e. The monoisotopic (exact) mass is 215 g/mol. The third-order valence-corrected chi connectivity index (χ3v) is 1.84. The van der Waals surface area contributed by atoms with E-state index < -0.39 is 0 Å². The zero-order valence-corrected chi connectivity index (χ0v) is 7.58. The molecule has 1 atom stereocenters. The summed E-state index contributed by atoms with van der Waals surface area (Å²) in [6, 6.07) is 1.81. The first kappa shape index (κ1) is 8.64. The SMILES string of the molecule is NC[C@H](N)c1cncc(Br)c1. The maximum Gasteiger partial charge on any atom is 0.0435 e. The van der Waals surface area contributed by atoms with Gasteiger partial charge in [0.05, 0.1) is 0 Å². The summed E-state index contributed by atoms with van der Waals surface area (Å²) in [5, 5.41) is 0. The van der Waals surface area contributed by atoms with Gasteiger partial charge < -0.3 is 11.5 Å². The van der Waals surface area contributed by atoms with Crippen LogP contribution in [0.25, 0.3) is 0 Å². The van der Waals surface area contributed by atoms with Crippen molar-refractivity contribution in [2.75, 3.05) is 6.54 Å². The van der Waals surface area contributed by atoms with Crippen LogP contribution in [0.3, 0.4) is 0 Å². The molecular weight excluding hydrogens is 206 g/mol. The summed E-state index contributed by atoms with van der Waals surface area (Å²) in [5.74, 6) is 0. The van der Waals surface area contributed by atoms with Gasteiger partial charge in [-0.3, -0.25) is 4.98 Å². The van der Waals surface area contributed by atoms with Crippen molar-refractivity contribution in [3.63, 3.8) is 0 Å². The standard InChI is InChI=1S/C7H10BrN3/c8-6-1-5(3-11-4-6)7(10)2-9/h1,3-4,7H,2,9-10H2/t7-/m0/s1. The van der Waals surface area contributed by atoms with Crippen LogP contribution in [-0.2, 0) is 0 Å². The Hall–Kier alpha value is -0.450. The number of nitrogens with zero attached hydrogens (tertiary/aromatic N) is 1. The van der Waals surface area contributed by atoms with Gasteiger partial charge in [0.2, 0.25) is 0 Å². The quantitative estimate of drug-likeness (QED) is 0.768. The lowest BCUT2D eigenvalue weighted by atomic mass is 10.1.